The molecule has 0 radical (unpaired) electrons. The highest BCUT2D eigenvalue weighted by Crippen LogP contribution is 2.11. The zero-order chi connectivity index (χ0) is 12.2. The summed E-state index contributed by atoms with van der Waals surface area (Å²) in [5.41, 5.74) is 0.747. The molecule has 4 nitrogen and oxygen atoms in total. The Kier molecular flexibility index (Phi) is 3.84. The number of phenolic OH excluding ortho intramolecular Hbond substituents is 1. The van der Waals surface area contributed by atoms with Crippen LogP contribution in [0.4, 0.5) is 0 Å². The fourth-order valence-electron chi connectivity index (χ4n) is 0.997. The van der Waals surface area contributed by atoms with Gasteiger partial charge in [0.1, 0.15) is 5.75 Å². The molecule has 1 aromatic rings. The second kappa shape index (κ2) is 4.94. The normalized spacial score (nSPS) is 12.6. The van der Waals surface area contributed by atoms with Gasteiger partial charge in [0, 0.05) is 18.6 Å². The van der Waals surface area contributed by atoms with E-state index in [1.807, 2.05) is 0 Å². The molecule has 88 valence electrons. The molecule has 0 atom stereocenters. The lowest BCUT2D eigenvalue weighted by Crippen LogP contribution is -2.15. The van der Waals surface area contributed by atoms with Crippen molar-refractivity contribution in [2.45, 2.75) is 0 Å². The van der Waals surface area contributed by atoms with E-state index in [1.165, 1.54) is 36.8 Å². The van der Waals surface area contributed by atoms with Crippen molar-refractivity contribution >= 4 is 22.3 Å². The zero-order valence-corrected chi connectivity index (χ0v) is 9.98. The third-order valence-electron chi connectivity index (χ3n) is 1.61. The summed E-state index contributed by atoms with van der Waals surface area (Å²) in [6, 6.07) is 6.32. The topological polar surface area (TPSA) is 63.6 Å². The molecule has 5 heteroatoms. The molecular formula is C11H14O4S. The Morgan fingerprint density at radius 2 is 1.88 bits per heavy atom. The Labute approximate surface area is 95.2 Å². The van der Waals surface area contributed by atoms with Gasteiger partial charge in [-0.2, -0.15) is 10.2 Å². The number of carbonyl (C=O) groups is 1. The Morgan fingerprint density at radius 3 is 2.38 bits per heavy atom. The van der Waals surface area contributed by atoms with Crippen LogP contribution in [-0.4, -0.2) is 27.8 Å². The largest absolute Gasteiger partial charge is 0.508 e. The standard InChI is InChI=1S/C11H14O4S/c1-16(2,14)15-11(13)8-5-9-3-6-10(12)7-4-9/h3-8,12,16H,1-2H3/b8-5+. The van der Waals surface area contributed by atoms with Gasteiger partial charge in [-0.3, -0.25) is 0 Å². The molecule has 0 heterocycles. The van der Waals surface area contributed by atoms with Gasteiger partial charge in [-0.15, -0.1) is 0 Å². The van der Waals surface area contributed by atoms with Crippen LogP contribution in [0.25, 0.3) is 6.08 Å². The van der Waals surface area contributed by atoms with E-state index in [0.29, 0.717) is 0 Å². The second-order valence-electron chi connectivity index (χ2n) is 3.59. The van der Waals surface area contributed by atoms with Crippen LogP contribution < -0.4 is 0 Å². The number of phenols is 1. The van der Waals surface area contributed by atoms with E-state index in [4.69, 9.17) is 5.11 Å². The monoisotopic (exact) mass is 242 g/mol. The molecule has 1 N–H and O–H groups in total. The highest BCUT2D eigenvalue weighted by atomic mass is 32.3. The summed E-state index contributed by atoms with van der Waals surface area (Å²) in [7, 11) is -2.79. The summed E-state index contributed by atoms with van der Waals surface area (Å²) in [5.74, 6) is -0.479. The van der Waals surface area contributed by atoms with Gasteiger partial charge in [0.15, 0.2) is 0 Å². The van der Waals surface area contributed by atoms with E-state index in [-0.39, 0.29) is 5.75 Å². The molecule has 0 unspecified atom stereocenters. The lowest BCUT2D eigenvalue weighted by atomic mass is 10.2. The minimum absolute atomic E-state index is 0.159. The third kappa shape index (κ3) is 4.75. The Balaban J connectivity index is 2.64. The van der Waals surface area contributed by atoms with Crippen LogP contribution in [0.3, 0.4) is 0 Å². The Bertz CT molecular complexity index is 442. The van der Waals surface area contributed by atoms with Crippen LogP contribution in [0.5, 0.6) is 5.75 Å². The Morgan fingerprint density at radius 1 is 1.31 bits per heavy atom. The highest BCUT2D eigenvalue weighted by molar-refractivity contribution is 7.97. The molecule has 1 rings (SSSR count). The van der Waals surface area contributed by atoms with Crippen molar-refractivity contribution in [3.63, 3.8) is 0 Å². The van der Waals surface area contributed by atoms with Gasteiger partial charge in [-0.1, -0.05) is 12.1 Å². The van der Waals surface area contributed by atoms with Crippen molar-refractivity contribution in [3.8, 4) is 5.75 Å². The van der Waals surface area contributed by atoms with Crippen LogP contribution >= 0.6 is 0 Å². The Hall–Kier alpha value is -1.62. The molecule has 0 saturated heterocycles. The lowest BCUT2D eigenvalue weighted by molar-refractivity contribution is -0.128. The molecule has 0 aliphatic carbocycles. The number of hydrogen-bond acceptors (Lipinski definition) is 4. The fourth-order valence-corrected chi connectivity index (χ4v) is 1.49. The molecule has 0 bridgehead atoms. The molecule has 0 fully saturated rings. The molecule has 0 aliphatic heterocycles. The van der Waals surface area contributed by atoms with Gasteiger partial charge in [0.2, 0.25) is 0 Å². The van der Waals surface area contributed by atoms with Gasteiger partial charge in [0.25, 0.3) is 0 Å². The summed E-state index contributed by atoms with van der Waals surface area (Å²) in [5, 5.41) is 9.03. The van der Waals surface area contributed by atoms with Crippen molar-refractivity contribution < 1.29 is 18.3 Å². The number of carbonyl (C=O) groups excluding carboxylic acids is 1. The molecule has 0 aliphatic rings. The molecule has 16 heavy (non-hydrogen) atoms. The molecule has 0 saturated carbocycles. The summed E-state index contributed by atoms with van der Waals surface area (Å²) in [6.07, 6.45) is 5.47. The minimum Gasteiger partial charge on any atom is -0.508 e. The lowest BCUT2D eigenvalue weighted by Gasteiger charge is -2.16. The number of thiol groups is 1. The SMILES string of the molecule is C[SH](C)(=O)OC(=O)/C=C/c1ccc(O)cc1. The number of hydrogen-bond donors (Lipinski definition) is 2. The fraction of sp³-hybridized carbons (Fsp3) is 0.182. The van der Waals surface area contributed by atoms with Gasteiger partial charge in [-0.25, -0.2) is 9.00 Å². The van der Waals surface area contributed by atoms with E-state index in [9.17, 15) is 9.00 Å². The smallest absolute Gasteiger partial charge is 0.351 e. The van der Waals surface area contributed by atoms with Crippen LogP contribution in [0, 0.1) is 0 Å². The van der Waals surface area contributed by atoms with Crippen LogP contribution in [0.1, 0.15) is 5.56 Å². The van der Waals surface area contributed by atoms with Crippen LogP contribution in [0.2, 0.25) is 0 Å². The van der Waals surface area contributed by atoms with Gasteiger partial charge in [0.05, 0.1) is 0 Å². The van der Waals surface area contributed by atoms with Crippen LogP contribution in [-0.2, 0) is 19.2 Å². The van der Waals surface area contributed by atoms with Gasteiger partial charge in [-0.05, 0) is 23.8 Å². The first-order chi connectivity index (χ1) is 7.37. The summed E-state index contributed by atoms with van der Waals surface area (Å²) in [4.78, 5) is 11.2. The predicted octanol–water partition coefficient (Wildman–Crippen LogP) is 1.14. The van der Waals surface area contributed by atoms with Crippen molar-refractivity contribution in [2.75, 3.05) is 12.5 Å². The molecule has 0 aromatic heterocycles. The van der Waals surface area contributed by atoms with Gasteiger partial charge >= 0.3 is 5.97 Å². The van der Waals surface area contributed by atoms with Gasteiger partial charge < -0.3 is 9.29 Å². The minimum atomic E-state index is -2.79. The number of rotatable bonds is 3. The summed E-state index contributed by atoms with van der Waals surface area (Å²) in [6.45, 7) is 0. The predicted molar refractivity (Wildman–Crippen MR) is 64.6 cm³/mol. The van der Waals surface area contributed by atoms with Crippen molar-refractivity contribution in [1.82, 2.24) is 0 Å². The molecular weight excluding hydrogens is 228 g/mol. The van der Waals surface area contributed by atoms with Crippen molar-refractivity contribution in [3.05, 3.63) is 35.9 Å². The third-order valence-corrected chi connectivity index (χ3v) is 2.23. The van der Waals surface area contributed by atoms with Crippen LogP contribution in [0.15, 0.2) is 30.3 Å². The quantitative estimate of drug-likeness (QED) is 0.616. The highest BCUT2D eigenvalue weighted by Gasteiger charge is 2.01. The van der Waals surface area contributed by atoms with E-state index >= 15 is 0 Å². The van der Waals surface area contributed by atoms with Crippen molar-refractivity contribution in [2.24, 2.45) is 0 Å². The van der Waals surface area contributed by atoms with E-state index in [1.54, 1.807) is 12.1 Å². The average molecular weight is 242 g/mol. The molecule has 0 amide bonds. The summed E-state index contributed by atoms with van der Waals surface area (Å²) >= 11 is 0. The maximum Gasteiger partial charge on any atom is 0.351 e. The average Bonchev–Trinajstić information content (AvgIpc) is 2.14. The van der Waals surface area contributed by atoms with E-state index in [2.05, 4.69) is 4.18 Å². The first-order valence-electron chi connectivity index (χ1n) is 4.62. The van der Waals surface area contributed by atoms with E-state index in [0.717, 1.165) is 5.56 Å². The first kappa shape index (κ1) is 12.4. The van der Waals surface area contributed by atoms with E-state index < -0.39 is 16.2 Å². The second-order valence-corrected chi connectivity index (χ2v) is 6.27. The molecule has 0 spiro atoms. The first-order valence-corrected chi connectivity index (χ1v) is 7.14. The number of benzene rings is 1. The maximum absolute atomic E-state index is 11.2. The zero-order valence-electron chi connectivity index (χ0n) is 9.08. The maximum atomic E-state index is 11.2. The number of aromatic hydroxyl groups is 1. The van der Waals surface area contributed by atoms with Crippen molar-refractivity contribution in [1.29, 1.82) is 0 Å². The molecule has 1 aromatic carbocycles. The summed E-state index contributed by atoms with van der Waals surface area (Å²) < 4.78 is 15.8.